The van der Waals surface area contributed by atoms with Crippen LogP contribution in [0.15, 0.2) is 30.3 Å². The molecule has 1 aromatic rings. The number of likely N-dealkylation sites (N-methyl/N-ethyl adjacent to an activating group) is 2. The lowest BCUT2D eigenvalue weighted by molar-refractivity contribution is 0.768. The van der Waals surface area contributed by atoms with Crippen molar-refractivity contribution < 1.29 is 0 Å². The number of nitrogens with one attached hydrogen (secondary N) is 1. The van der Waals surface area contributed by atoms with Gasteiger partial charge in [-0.2, -0.15) is 0 Å². The van der Waals surface area contributed by atoms with Crippen molar-refractivity contribution in [2.45, 2.75) is 0 Å². The highest BCUT2D eigenvalue weighted by Crippen LogP contribution is 2.09. The first-order valence-electron chi connectivity index (χ1n) is 4.25. The van der Waals surface area contributed by atoms with Crippen LogP contribution in [-0.2, 0) is 0 Å². The first-order chi connectivity index (χ1) is 5.84. The quantitative estimate of drug-likeness (QED) is 0.797. The zero-order valence-electron chi connectivity index (χ0n) is 8.16. The van der Waals surface area contributed by atoms with E-state index in [4.69, 9.17) is 0 Å². The molecule has 0 unspecified atom stereocenters. The lowest BCUT2D eigenvalue weighted by Crippen LogP contribution is -2.26. The summed E-state index contributed by atoms with van der Waals surface area (Å²) in [6.07, 6.45) is 0. The topological polar surface area (TPSA) is 15.3 Å². The molecule has 0 aliphatic rings. The summed E-state index contributed by atoms with van der Waals surface area (Å²) in [6.45, 7) is 2.06. The van der Waals surface area contributed by atoms with Crippen molar-refractivity contribution >= 4 is 18.1 Å². The summed E-state index contributed by atoms with van der Waals surface area (Å²) < 4.78 is 0. The molecule has 0 spiro atoms. The van der Waals surface area contributed by atoms with E-state index in [2.05, 4.69) is 41.5 Å². The van der Waals surface area contributed by atoms with Crippen LogP contribution >= 0.6 is 12.4 Å². The molecule has 1 rings (SSSR count). The molecule has 0 aliphatic carbocycles. The molecule has 0 radical (unpaired) electrons. The Labute approximate surface area is 86.4 Å². The van der Waals surface area contributed by atoms with Gasteiger partial charge < -0.3 is 10.2 Å². The van der Waals surface area contributed by atoms with Crippen LogP contribution < -0.4 is 10.2 Å². The molecule has 74 valence electrons. The van der Waals surface area contributed by atoms with Crippen molar-refractivity contribution in [2.24, 2.45) is 0 Å². The van der Waals surface area contributed by atoms with Gasteiger partial charge in [-0.05, 0) is 19.2 Å². The smallest absolute Gasteiger partial charge is 0.0364 e. The van der Waals surface area contributed by atoms with Crippen LogP contribution in [0.3, 0.4) is 0 Å². The highest BCUT2D eigenvalue weighted by atomic mass is 35.5. The number of halogens is 1. The van der Waals surface area contributed by atoms with Crippen LogP contribution in [-0.4, -0.2) is 27.2 Å². The summed E-state index contributed by atoms with van der Waals surface area (Å²) in [7, 11) is 4.07. The van der Waals surface area contributed by atoms with Gasteiger partial charge in [0.25, 0.3) is 0 Å². The largest absolute Gasteiger partial charge is 0.373 e. The predicted molar refractivity (Wildman–Crippen MR) is 60.9 cm³/mol. The molecule has 0 atom stereocenters. The second kappa shape index (κ2) is 6.75. The van der Waals surface area contributed by atoms with E-state index < -0.39 is 0 Å². The number of benzene rings is 1. The van der Waals surface area contributed by atoms with Gasteiger partial charge >= 0.3 is 0 Å². The van der Waals surface area contributed by atoms with Gasteiger partial charge in [0.05, 0.1) is 0 Å². The number of nitrogens with zero attached hydrogens (tertiary/aromatic N) is 1. The second-order valence-corrected chi connectivity index (χ2v) is 2.86. The van der Waals surface area contributed by atoms with Crippen LogP contribution in [0.25, 0.3) is 0 Å². The molecule has 0 aromatic heterocycles. The third-order valence-electron chi connectivity index (χ3n) is 1.89. The Morgan fingerprint density at radius 3 is 2.38 bits per heavy atom. The second-order valence-electron chi connectivity index (χ2n) is 2.86. The van der Waals surface area contributed by atoms with Crippen molar-refractivity contribution in [1.82, 2.24) is 5.32 Å². The SMILES string of the molecule is CNCCN(C)c1ccccc1.Cl. The highest BCUT2D eigenvalue weighted by molar-refractivity contribution is 5.85. The van der Waals surface area contributed by atoms with Gasteiger partial charge in [-0.1, -0.05) is 18.2 Å². The average Bonchev–Trinajstić information content (AvgIpc) is 2.15. The third-order valence-corrected chi connectivity index (χ3v) is 1.89. The summed E-state index contributed by atoms with van der Waals surface area (Å²) in [4.78, 5) is 2.23. The Kier molecular flexibility index (Phi) is 6.37. The minimum atomic E-state index is 0. The zero-order chi connectivity index (χ0) is 8.81. The summed E-state index contributed by atoms with van der Waals surface area (Å²) in [5.74, 6) is 0. The number of anilines is 1. The average molecular weight is 201 g/mol. The first kappa shape index (κ1) is 12.3. The molecular weight excluding hydrogens is 184 g/mol. The van der Waals surface area contributed by atoms with Gasteiger partial charge in [0, 0.05) is 25.8 Å². The summed E-state index contributed by atoms with van der Waals surface area (Å²) in [5.41, 5.74) is 1.27. The van der Waals surface area contributed by atoms with Crippen molar-refractivity contribution in [1.29, 1.82) is 0 Å². The van der Waals surface area contributed by atoms with E-state index in [1.165, 1.54) is 5.69 Å². The Morgan fingerprint density at radius 1 is 1.23 bits per heavy atom. The molecule has 2 nitrogen and oxygen atoms in total. The van der Waals surface area contributed by atoms with Gasteiger partial charge in [-0.25, -0.2) is 0 Å². The number of para-hydroxylation sites is 1. The molecule has 0 heterocycles. The molecule has 3 heteroatoms. The van der Waals surface area contributed by atoms with E-state index >= 15 is 0 Å². The first-order valence-corrected chi connectivity index (χ1v) is 4.25. The monoisotopic (exact) mass is 200 g/mol. The minimum Gasteiger partial charge on any atom is -0.373 e. The maximum absolute atomic E-state index is 3.13. The Hall–Kier alpha value is -0.730. The third kappa shape index (κ3) is 4.15. The van der Waals surface area contributed by atoms with Crippen molar-refractivity contribution in [3.8, 4) is 0 Å². The molecule has 1 aromatic carbocycles. The Bertz CT molecular complexity index is 213. The highest BCUT2D eigenvalue weighted by Gasteiger charge is 1.96. The van der Waals surface area contributed by atoms with Crippen LogP contribution in [0.5, 0.6) is 0 Å². The molecule has 0 saturated carbocycles. The van der Waals surface area contributed by atoms with Crippen molar-refractivity contribution in [3.63, 3.8) is 0 Å². The van der Waals surface area contributed by atoms with Gasteiger partial charge in [0.2, 0.25) is 0 Å². The van der Waals surface area contributed by atoms with Gasteiger partial charge in [-0.15, -0.1) is 12.4 Å². The normalized spacial score (nSPS) is 9.08. The van der Waals surface area contributed by atoms with E-state index in [0.717, 1.165) is 13.1 Å². The maximum atomic E-state index is 3.13. The molecule has 0 amide bonds. The van der Waals surface area contributed by atoms with Crippen LogP contribution in [0.2, 0.25) is 0 Å². The molecule has 0 saturated heterocycles. The van der Waals surface area contributed by atoms with Crippen molar-refractivity contribution in [2.75, 3.05) is 32.1 Å². The molecule has 0 aliphatic heterocycles. The summed E-state index contributed by atoms with van der Waals surface area (Å²) in [5, 5.41) is 3.13. The van der Waals surface area contributed by atoms with Crippen LogP contribution in [0.4, 0.5) is 5.69 Å². The lowest BCUT2D eigenvalue weighted by Gasteiger charge is -2.18. The van der Waals surface area contributed by atoms with Gasteiger partial charge in [0.15, 0.2) is 0 Å². The molecule has 1 N–H and O–H groups in total. The fraction of sp³-hybridized carbons (Fsp3) is 0.400. The number of rotatable bonds is 4. The molecular formula is C10H17ClN2. The Balaban J connectivity index is 0.00000144. The van der Waals surface area contributed by atoms with E-state index in [1.807, 2.05) is 13.1 Å². The van der Waals surface area contributed by atoms with Crippen molar-refractivity contribution in [3.05, 3.63) is 30.3 Å². The molecule has 0 bridgehead atoms. The summed E-state index contributed by atoms with van der Waals surface area (Å²) >= 11 is 0. The minimum absolute atomic E-state index is 0. The Morgan fingerprint density at radius 2 is 1.85 bits per heavy atom. The number of hydrogen-bond acceptors (Lipinski definition) is 2. The van der Waals surface area contributed by atoms with E-state index in [9.17, 15) is 0 Å². The zero-order valence-corrected chi connectivity index (χ0v) is 8.97. The van der Waals surface area contributed by atoms with Crippen LogP contribution in [0, 0.1) is 0 Å². The van der Waals surface area contributed by atoms with Gasteiger partial charge in [0.1, 0.15) is 0 Å². The van der Waals surface area contributed by atoms with Gasteiger partial charge in [-0.3, -0.25) is 0 Å². The fourth-order valence-electron chi connectivity index (χ4n) is 1.09. The van der Waals surface area contributed by atoms with E-state index in [1.54, 1.807) is 0 Å². The standard InChI is InChI=1S/C10H16N2.ClH/c1-11-8-9-12(2)10-6-4-3-5-7-10;/h3-7,11H,8-9H2,1-2H3;1H. The van der Waals surface area contributed by atoms with E-state index in [0.29, 0.717) is 0 Å². The molecule has 13 heavy (non-hydrogen) atoms. The fourth-order valence-corrected chi connectivity index (χ4v) is 1.09. The number of hydrogen-bond donors (Lipinski definition) is 1. The van der Waals surface area contributed by atoms with E-state index in [-0.39, 0.29) is 12.4 Å². The summed E-state index contributed by atoms with van der Waals surface area (Å²) in [6, 6.07) is 10.4. The van der Waals surface area contributed by atoms with Crippen LogP contribution in [0.1, 0.15) is 0 Å². The molecule has 0 fully saturated rings. The maximum Gasteiger partial charge on any atom is 0.0364 e. The lowest BCUT2D eigenvalue weighted by atomic mass is 10.3. The predicted octanol–water partition coefficient (Wildman–Crippen LogP) is 1.76.